The van der Waals surface area contributed by atoms with Gasteiger partial charge in [0.05, 0.1) is 0 Å². The smallest absolute Gasteiger partial charge is 0.260 e. The standard InChI is InChI=1S/C19H29N3O4/c1-4-22(5-2)17(23)14-26-16-8-6-7-15(13-16)21-18(24)19(25-3)9-11-20-12-10-19/h6-8,13,20H,4-5,9-12,14H2,1-3H3,(H,21,24). The van der Waals surface area contributed by atoms with Crippen LogP contribution in [0, 0.1) is 0 Å². The molecule has 1 aliphatic rings. The van der Waals surface area contributed by atoms with Gasteiger partial charge in [0, 0.05) is 32.0 Å². The number of hydrogen-bond donors (Lipinski definition) is 2. The van der Waals surface area contributed by atoms with Gasteiger partial charge in [0.1, 0.15) is 11.4 Å². The van der Waals surface area contributed by atoms with Crippen molar-refractivity contribution in [2.45, 2.75) is 32.3 Å². The number of likely N-dealkylation sites (N-methyl/N-ethyl adjacent to an activating group) is 1. The topological polar surface area (TPSA) is 79.9 Å². The van der Waals surface area contributed by atoms with Crippen molar-refractivity contribution in [3.05, 3.63) is 24.3 Å². The average molecular weight is 363 g/mol. The van der Waals surface area contributed by atoms with Crippen LogP contribution in [0.1, 0.15) is 26.7 Å². The van der Waals surface area contributed by atoms with E-state index in [0.717, 1.165) is 13.1 Å². The predicted molar refractivity (Wildman–Crippen MR) is 100 cm³/mol. The quantitative estimate of drug-likeness (QED) is 0.734. The summed E-state index contributed by atoms with van der Waals surface area (Å²) in [6.45, 7) is 6.65. The SMILES string of the molecule is CCN(CC)C(=O)COc1cccc(NC(=O)C2(OC)CCNCC2)c1. The minimum absolute atomic E-state index is 0.0211. The summed E-state index contributed by atoms with van der Waals surface area (Å²) in [5.41, 5.74) is -0.182. The third-order valence-corrected chi connectivity index (χ3v) is 4.79. The van der Waals surface area contributed by atoms with Crippen LogP contribution in [-0.2, 0) is 14.3 Å². The molecule has 1 saturated heterocycles. The molecule has 0 radical (unpaired) electrons. The summed E-state index contributed by atoms with van der Waals surface area (Å²) >= 11 is 0. The lowest BCUT2D eigenvalue weighted by Crippen LogP contribution is -2.51. The van der Waals surface area contributed by atoms with Crippen molar-refractivity contribution in [2.75, 3.05) is 45.2 Å². The molecule has 7 heteroatoms. The summed E-state index contributed by atoms with van der Waals surface area (Å²) < 4.78 is 11.1. The van der Waals surface area contributed by atoms with Crippen LogP contribution in [0.2, 0.25) is 0 Å². The number of piperidine rings is 1. The number of methoxy groups -OCH3 is 1. The molecular weight excluding hydrogens is 334 g/mol. The van der Waals surface area contributed by atoms with Crippen molar-refractivity contribution >= 4 is 17.5 Å². The monoisotopic (exact) mass is 363 g/mol. The van der Waals surface area contributed by atoms with E-state index in [0.29, 0.717) is 37.4 Å². The van der Waals surface area contributed by atoms with E-state index in [-0.39, 0.29) is 18.4 Å². The number of carbonyl (C=O) groups excluding carboxylic acids is 2. The van der Waals surface area contributed by atoms with E-state index in [9.17, 15) is 9.59 Å². The summed E-state index contributed by atoms with van der Waals surface area (Å²) in [6.07, 6.45) is 1.26. The number of hydrogen-bond acceptors (Lipinski definition) is 5. The lowest BCUT2D eigenvalue weighted by molar-refractivity contribution is -0.140. The highest BCUT2D eigenvalue weighted by molar-refractivity contribution is 5.97. The number of amides is 2. The molecule has 1 heterocycles. The van der Waals surface area contributed by atoms with Gasteiger partial charge >= 0.3 is 0 Å². The van der Waals surface area contributed by atoms with E-state index < -0.39 is 5.60 Å². The van der Waals surface area contributed by atoms with Gasteiger partial charge < -0.3 is 25.0 Å². The highest BCUT2D eigenvalue weighted by Crippen LogP contribution is 2.25. The van der Waals surface area contributed by atoms with Gasteiger partial charge in [-0.3, -0.25) is 9.59 Å². The summed E-state index contributed by atoms with van der Waals surface area (Å²) in [7, 11) is 1.57. The molecule has 1 aliphatic heterocycles. The van der Waals surface area contributed by atoms with Gasteiger partial charge in [-0.2, -0.15) is 0 Å². The summed E-state index contributed by atoms with van der Waals surface area (Å²) in [5, 5.41) is 6.14. The van der Waals surface area contributed by atoms with Crippen LogP contribution >= 0.6 is 0 Å². The second-order valence-corrected chi connectivity index (χ2v) is 6.29. The minimum Gasteiger partial charge on any atom is -0.484 e. The Morgan fingerprint density at radius 3 is 2.54 bits per heavy atom. The summed E-state index contributed by atoms with van der Waals surface area (Å²) in [4.78, 5) is 26.5. The number of ether oxygens (including phenoxy) is 2. The van der Waals surface area contributed by atoms with Gasteiger partial charge in [-0.1, -0.05) is 6.07 Å². The first-order valence-electron chi connectivity index (χ1n) is 9.12. The first-order chi connectivity index (χ1) is 12.5. The predicted octanol–water partition coefficient (Wildman–Crippen LogP) is 1.64. The molecule has 1 fully saturated rings. The Morgan fingerprint density at radius 2 is 1.92 bits per heavy atom. The molecule has 26 heavy (non-hydrogen) atoms. The molecule has 0 unspecified atom stereocenters. The third kappa shape index (κ3) is 4.95. The largest absolute Gasteiger partial charge is 0.484 e. The van der Waals surface area contributed by atoms with Crippen molar-refractivity contribution < 1.29 is 19.1 Å². The highest BCUT2D eigenvalue weighted by Gasteiger charge is 2.39. The average Bonchev–Trinajstić information content (AvgIpc) is 2.68. The molecule has 2 amide bonds. The Labute approximate surface area is 155 Å². The number of carbonyl (C=O) groups is 2. The van der Waals surface area contributed by atoms with Crippen molar-refractivity contribution in [1.82, 2.24) is 10.2 Å². The van der Waals surface area contributed by atoms with Crippen LogP contribution in [-0.4, -0.2) is 62.2 Å². The normalized spacial score (nSPS) is 16.0. The Balaban J connectivity index is 1.98. The molecule has 7 nitrogen and oxygen atoms in total. The Bertz CT molecular complexity index is 611. The van der Waals surface area contributed by atoms with E-state index in [1.165, 1.54) is 0 Å². The van der Waals surface area contributed by atoms with Gasteiger partial charge in [-0.15, -0.1) is 0 Å². The molecule has 2 N–H and O–H groups in total. The molecule has 0 aliphatic carbocycles. The Morgan fingerprint density at radius 1 is 1.23 bits per heavy atom. The van der Waals surface area contributed by atoms with Gasteiger partial charge in [0.2, 0.25) is 0 Å². The second kappa shape index (κ2) is 9.54. The lowest BCUT2D eigenvalue weighted by Gasteiger charge is -2.34. The van der Waals surface area contributed by atoms with Crippen LogP contribution in [0.4, 0.5) is 5.69 Å². The van der Waals surface area contributed by atoms with Crippen LogP contribution in [0.15, 0.2) is 24.3 Å². The zero-order valence-corrected chi connectivity index (χ0v) is 15.8. The number of nitrogens with zero attached hydrogens (tertiary/aromatic N) is 1. The number of rotatable bonds is 8. The van der Waals surface area contributed by atoms with Crippen molar-refractivity contribution in [2.24, 2.45) is 0 Å². The lowest BCUT2D eigenvalue weighted by atomic mass is 9.91. The van der Waals surface area contributed by atoms with E-state index in [4.69, 9.17) is 9.47 Å². The molecule has 0 atom stereocenters. The fourth-order valence-electron chi connectivity index (χ4n) is 3.08. The van der Waals surface area contributed by atoms with Crippen LogP contribution in [0.25, 0.3) is 0 Å². The molecule has 0 saturated carbocycles. The zero-order valence-electron chi connectivity index (χ0n) is 15.8. The first-order valence-corrected chi connectivity index (χ1v) is 9.12. The summed E-state index contributed by atoms with van der Waals surface area (Å²) in [5.74, 6) is 0.329. The van der Waals surface area contributed by atoms with Crippen molar-refractivity contribution in [3.63, 3.8) is 0 Å². The van der Waals surface area contributed by atoms with E-state index in [2.05, 4.69) is 10.6 Å². The van der Waals surface area contributed by atoms with Gasteiger partial charge in [0.15, 0.2) is 6.61 Å². The number of nitrogens with one attached hydrogen (secondary N) is 2. The van der Waals surface area contributed by atoms with E-state index in [1.54, 1.807) is 36.3 Å². The van der Waals surface area contributed by atoms with Crippen LogP contribution < -0.4 is 15.4 Å². The fraction of sp³-hybridized carbons (Fsp3) is 0.579. The zero-order chi connectivity index (χ0) is 19.0. The fourth-order valence-corrected chi connectivity index (χ4v) is 3.08. The van der Waals surface area contributed by atoms with Gasteiger partial charge in [-0.25, -0.2) is 0 Å². The maximum Gasteiger partial charge on any atom is 0.260 e. The minimum atomic E-state index is -0.805. The molecule has 1 aromatic carbocycles. The number of benzene rings is 1. The molecule has 2 rings (SSSR count). The summed E-state index contributed by atoms with van der Waals surface area (Å²) in [6, 6.07) is 7.07. The second-order valence-electron chi connectivity index (χ2n) is 6.29. The molecule has 1 aromatic rings. The molecule has 0 spiro atoms. The first kappa shape index (κ1) is 20.2. The van der Waals surface area contributed by atoms with Gasteiger partial charge in [-0.05, 0) is 51.9 Å². The van der Waals surface area contributed by atoms with Crippen LogP contribution in [0.5, 0.6) is 5.75 Å². The maximum absolute atomic E-state index is 12.7. The number of anilines is 1. The van der Waals surface area contributed by atoms with E-state index >= 15 is 0 Å². The van der Waals surface area contributed by atoms with Crippen molar-refractivity contribution in [1.29, 1.82) is 0 Å². The highest BCUT2D eigenvalue weighted by atomic mass is 16.5. The molecule has 0 aromatic heterocycles. The Kier molecular flexibility index (Phi) is 7.41. The molecule has 144 valence electrons. The van der Waals surface area contributed by atoms with E-state index in [1.807, 2.05) is 13.8 Å². The van der Waals surface area contributed by atoms with Crippen LogP contribution in [0.3, 0.4) is 0 Å². The molecular formula is C19H29N3O4. The third-order valence-electron chi connectivity index (χ3n) is 4.79. The molecule has 0 bridgehead atoms. The maximum atomic E-state index is 12.7. The van der Waals surface area contributed by atoms with Crippen molar-refractivity contribution in [3.8, 4) is 5.75 Å². The Hall–Kier alpha value is -2.12. The van der Waals surface area contributed by atoms with Gasteiger partial charge in [0.25, 0.3) is 11.8 Å².